The number of hydrogen-bond acceptors (Lipinski definition) is 3. The molecule has 1 aliphatic heterocycles. The molecule has 1 unspecified atom stereocenters. The molecule has 0 bridgehead atoms. The Morgan fingerprint density at radius 1 is 1.44 bits per heavy atom. The fourth-order valence-electron chi connectivity index (χ4n) is 2.27. The summed E-state index contributed by atoms with van der Waals surface area (Å²) in [6.45, 7) is 3.15. The van der Waals surface area contributed by atoms with Gasteiger partial charge in [0.1, 0.15) is 5.76 Å². The number of piperidine rings is 1. The molecule has 3 nitrogen and oxygen atoms in total. The largest absolute Gasteiger partial charge is 0.468 e. The van der Waals surface area contributed by atoms with E-state index in [2.05, 4.69) is 10.6 Å². The third-order valence-electron chi connectivity index (χ3n) is 3.20. The van der Waals surface area contributed by atoms with Crippen molar-refractivity contribution >= 4 is 0 Å². The van der Waals surface area contributed by atoms with Gasteiger partial charge in [0.25, 0.3) is 0 Å². The van der Waals surface area contributed by atoms with Crippen LogP contribution in [0.15, 0.2) is 22.8 Å². The molecule has 2 N–H and O–H groups in total. The summed E-state index contributed by atoms with van der Waals surface area (Å²) in [5.74, 6) is 1.02. The number of nitrogens with one attached hydrogen (secondary N) is 2. The summed E-state index contributed by atoms with van der Waals surface area (Å²) in [4.78, 5) is 0. The normalized spacial score (nSPS) is 21.1. The summed E-state index contributed by atoms with van der Waals surface area (Å²) in [5, 5.41) is 6.98. The van der Waals surface area contributed by atoms with Crippen molar-refractivity contribution in [3.63, 3.8) is 0 Å². The van der Waals surface area contributed by atoms with E-state index < -0.39 is 0 Å². The molecule has 0 saturated carbocycles. The average Bonchev–Trinajstić information content (AvgIpc) is 2.83. The zero-order valence-corrected chi connectivity index (χ0v) is 9.87. The van der Waals surface area contributed by atoms with Gasteiger partial charge in [0.15, 0.2) is 0 Å². The second kappa shape index (κ2) is 6.71. The lowest BCUT2D eigenvalue weighted by Crippen LogP contribution is -2.34. The molecule has 16 heavy (non-hydrogen) atoms. The number of rotatable bonds is 6. The SMILES string of the molecule is c1coc(CNCCCC2CCCCN2)c1. The van der Waals surface area contributed by atoms with Crippen LogP contribution in [-0.2, 0) is 6.54 Å². The van der Waals surface area contributed by atoms with E-state index in [0.29, 0.717) is 0 Å². The molecule has 2 rings (SSSR count). The lowest BCUT2D eigenvalue weighted by atomic mass is 10.0. The van der Waals surface area contributed by atoms with E-state index in [9.17, 15) is 0 Å². The molecule has 1 saturated heterocycles. The van der Waals surface area contributed by atoms with Crippen molar-refractivity contribution in [2.24, 2.45) is 0 Å². The predicted octanol–water partition coefficient (Wildman–Crippen LogP) is 2.29. The van der Waals surface area contributed by atoms with Crippen LogP contribution in [0.1, 0.15) is 37.9 Å². The standard InChI is InChI=1S/C13H22N2O/c1-2-9-15-12(5-1)6-3-8-14-11-13-7-4-10-16-13/h4,7,10,12,14-15H,1-3,5-6,8-9,11H2. The van der Waals surface area contributed by atoms with Crippen LogP contribution < -0.4 is 10.6 Å². The second-order valence-corrected chi connectivity index (χ2v) is 4.55. The number of hydrogen-bond donors (Lipinski definition) is 2. The molecule has 1 aromatic heterocycles. The maximum absolute atomic E-state index is 5.26. The molecule has 3 heteroatoms. The molecule has 0 aromatic carbocycles. The Kier molecular flexibility index (Phi) is 4.90. The third-order valence-corrected chi connectivity index (χ3v) is 3.20. The monoisotopic (exact) mass is 222 g/mol. The molecule has 0 amide bonds. The van der Waals surface area contributed by atoms with Crippen LogP contribution in [0.4, 0.5) is 0 Å². The van der Waals surface area contributed by atoms with Gasteiger partial charge in [-0.3, -0.25) is 0 Å². The zero-order chi connectivity index (χ0) is 11.1. The third kappa shape index (κ3) is 3.99. The topological polar surface area (TPSA) is 37.2 Å². The van der Waals surface area contributed by atoms with Crippen molar-refractivity contribution in [3.8, 4) is 0 Å². The van der Waals surface area contributed by atoms with Crippen molar-refractivity contribution in [1.29, 1.82) is 0 Å². The van der Waals surface area contributed by atoms with E-state index in [4.69, 9.17) is 4.42 Å². The van der Waals surface area contributed by atoms with Gasteiger partial charge in [-0.1, -0.05) is 6.42 Å². The van der Waals surface area contributed by atoms with E-state index >= 15 is 0 Å². The highest BCUT2D eigenvalue weighted by molar-refractivity contribution is 4.97. The van der Waals surface area contributed by atoms with Crippen LogP contribution in [0, 0.1) is 0 Å². The summed E-state index contributed by atoms with van der Waals surface area (Å²) in [6.07, 6.45) is 8.38. The fraction of sp³-hybridized carbons (Fsp3) is 0.692. The second-order valence-electron chi connectivity index (χ2n) is 4.55. The van der Waals surface area contributed by atoms with Gasteiger partial charge in [-0.15, -0.1) is 0 Å². The molecule has 1 atom stereocenters. The lowest BCUT2D eigenvalue weighted by Gasteiger charge is -2.23. The Labute approximate surface area is 97.6 Å². The molecule has 0 radical (unpaired) electrons. The smallest absolute Gasteiger partial charge is 0.117 e. The van der Waals surface area contributed by atoms with Crippen molar-refractivity contribution in [2.75, 3.05) is 13.1 Å². The molecular weight excluding hydrogens is 200 g/mol. The first kappa shape index (κ1) is 11.7. The van der Waals surface area contributed by atoms with Gasteiger partial charge in [-0.2, -0.15) is 0 Å². The van der Waals surface area contributed by atoms with Crippen molar-refractivity contribution < 1.29 is 4.42 Å². The Hall–Kier alpha value is -0.800. The summed E-state index contributed by atoms with van der Waals surface area (Å²) in [5.41, 5.74) is 0. The van der Waals surface area contributed by atoms with E-state index in [0.717, 1.165) is 24.9 Å². The van der Waals surface area contributed by atoms with Crippen LogP contribution in [0.5, 0.6) is 0 Å². The quantitative estimate of drug-likeness (QED) is 0.725. The minimum atomic E-state index is 0.763. The minimum absolute atomic E-state index is 0.763. The fourth-order valence-corrected chi connectivity index (χ4v) is 2.27. The molecule has 1 fully saturated rings. The van der Waals surface area contributed by atoms with Crippen molar-refractivity contribution in [3.05, 3.63) is 24.2 Å². The molecule has 0 spiro atoms. The minimum Gasteiger partial charge on any atom is -0.468 e. The highest BCUT2D eigenvalue weighted by Gasteiger charge is 2.11. The van der Waals surface area contributed by atoms with Crippen LogP contribution in [0.2, 0.25) is 0 Å². The van der Waals surface area contributed by atoms with Gasteiger partial charge in [0, 0.05) is 6.04 Å². The molecule has 1 aliphatic rings. The van der Waals surface area contributed by atoms with E-state index in [1.807, 2.05) is 12.1 Å². The molecule has 2 heterocycles. The predicted molar refractivity (Wildman–Crippen MR) is 65.3 cm³/mol. The van der Waals surface area contributed by atoms with Gasteiger partial charge >= 0.3 is 0 Å². The molecule has 90 valence electrons. The highest BCUT2D eigenvalue weighted by Crippen LogP contribution is 2.11. The maximum Gasteiger partial charge on any atom is 0.117 e. The van der Waals surface area contributed by atoms with Gasteiger partial charge in [0.2, 0.25) is 0 Å². The summed E-state index contributed by atoms with van der Waals surface area (Å²) >= 11 is 0. The van der Waals surface area contributed by atoms with Crippen molar-refractivity contribution in [1.82, 2.24) is 10.6 Å². The summed E-state index contributed by atoms with van der Waals surface area (Å²) in [6, 6.07) is 4.71. The first-order chi connectivity index (χ1) is 7.95. The number of furan rings is 1. The molecular formula is C13H22N2O. The van der Waals surface area contributed by atoms with Crippen LogP contribution in [0.25, 0.3) is 0 Å². The van der Waals surface area contributed by atoms with Gasteiger partial charge in [0.05, 0.1) is 12.8 Å². The van der Waals surface area contributed by atoms with Crippen LogP contribution >= 0.6 is 0 Å². The highest BCUT2D eigenvalue weighted by atomic mass is 16.3. The Morgan fingerprint density at radius 3 is 3.19 bits per heavy atom. The van der Waals surface area contributed by atoms with E-state index in [-0.39, 0.29) is 0 Å². The first-order valence-electron chi connectivity index (χ1n) is 6.41. The molecule has 0 aliphatic carbocycles. The summed E-state index contributed by atoms with van der Waals surface area (Å²) < 4.78 is 5.26. The Bertz CT molecular complexity index is 265. The van der Waals surface area contributed by atoms with Gasteiger partial charge in [-0.25, -0.2) is 0 Å². The molecule has 1 aromatic rings. The zero-order valence-electron chi connectivity index (χ0n) is 9.87. The van der Waals surface area contributed by atoms with E-state index in [1.165, 1.54) is 38.6 Å². The first-order valence-corrected chi connectivity index (χ1v) is 6.41. The van der Waals surface area contributed by atoms with Crippen LogP contribution in [-0.4, -0.2) is 19.1 Å². The van der Waals surface area contributed by atoms with Gasteiger partial charge < -0.3 is 15.1 Å². The van der Waals surface area contributed by atoms with Crippen LogP contribution in [0.3, 0.4) is 0 Å². The summed E-state index contributed by atoms with van der Waals surface area (Å²) in [7, 11) is 0. The Morgan fingerprint density at radius 2 is 2.44 bits per heavy atom. The van der Waals surface area contributed by atoms with Gasteiger partial charge in [-0.05, 0) is 50.9 Å². The van der Waals surface area contributed by atoms with Crippen molar-refractivity contribution in [2.45, 2.75) is 44.7 Å². The Balaban J connectivity index is 1.48. The average molecular weight is 222 g/mol. The lowest BCUT2D eigenvalue weighted by molar-refractivity contribution is 0.371. The maximum atomic E-state index is 5.26. The van der Waals surface area contributed by atoms with E-state index in [1.54, 1.807) is 6.26 Å².